The molecule has 0 atom stereocenters. The zero-order valence-electron chi connectivity index (χ0n) is 11.8. The summed E-state index contributed by atoms with van der Waals surface area (Å²) in [5, 5.41) is 19.1. The highest BCUT2D eigenvalue weighted by atomic mass is 16.4. The van der Waals surface area contributed by atoms with Gasteiger partial charge in [-0.2, -0.15) is 0 Å². The first-order chi connectivity index (χ1) is 9.43. The van der Waals surface area contributed by atoms with Crippen LogP contribution >= 0.6 is 0 Å². The summed E-state index contributed by atoms with van der Waals surface area (Å²) in [6, 6.07) is 3.11. The second kappa shape index (κ2) is 7.39. The summed E-state index contributed by atoms with van der Waals surface area (Å²) in [5.74, 6) is -0.843. The quantitative estimate of drug-likeness (QED) is 0.681. The van der Waals surface area contributed by atoms with E-state index >= 15 is 0 Å². The minimum atomic E-state index is -0.944. The summed E-state index contributed by atoms with van der Waals surface area (Å²) in [4.78, 5) is 25.8. The Hall–Kier alpha value is -2.22. The summed E-state index contributed by atoms with van der Waals surface area (Å²) >= 11 is 0. The van der Waals surface area contributed by atoms with Crippen molar-refractivity contribution in [1.29, 1.82) is 0 Å². The van der Waals surface area contributed by atoms with Crippen LogP contribution in [-0.2, 0) is 4.79 Å². The average Bonchev–Trinajstić information content (AvgIpc) is 2.42. The number of likely N-dealkylation sites (N-methyl/N-ethyl adjacent to an activating group) is 1. The molecule has 110 valence electrons. The van der Waals surface area contributed by atoms with E-state index in [0.29, 0.717) is 18.9 Å². The van der Waals surface area contributed by atoms with Crippen LogP contribution in [0.4, 0.5) is 5.82 Å². The Morgan fingerprint density at radius 2 is 1.95 bits per heavy atom. The Balaban J connectivity index is 2.84. The number of nitrogens with one attached hydrogen (secondary N) is 1. The largest absolute Gasteiger partial charge is 0.480 e. The summed E-state index contributed by atoms with van der Waals surface area (Å²) in [6.07, 6.45) is 0. The molecule has 0 radical (unpaired) electrons. The highest BCUT2D eigenvalue weighted by molar-refractivity contribution is 5.91. The van der Waals surface area contributed by atoms with E-state index in [9.17, 15) is 9.59 Å². The molecule has 0 aliphatic rings. The number of carboxylic acids is 1. The molecular formula is C12H19N5O3. The zero-order valence-corrected chi connectivity index (χ0v) is 11.8. The number of hydrogen-bond acceptors (Lipinski definition) is 6. The van der Waals surface area contributed by atoms with Gasteiger partial charge in [0.1, 0.15) is 6.54 Å². The molecule has 0 bridgehead atoms. The molecule has 0 aliphatic carbocycles. The van der Waals surface area contributed by atoms with Gasteiger partial charge in [0.25, 0.3) is 5.91 Å². The number of anilines is 1. The van der Waals surface area contributed by atoms with Crippen molar-refractivity contribution >= 4 is 17.7 Å². The number of rotatable bonds is 7. The van der Waals surface area contributed by atoms with Crippen LogP contribution in [-0.4, -0.2) is 72.9 Å². The zero-order chi connectivity index (χ0) is 15.1. The van der Waals surface area contributed by atoms with Crippen LogP contribution in [0.15, 0.2) is 12.1 Å². The molecule has 0 aromatic carbocycles. The first kappa shape index (κ1) is 15.8. The standard InChI is InChI=1S/C12H19N5O3/c1-13-12(20)9-4-5-10(15-14-9)17(8-11(18)19)7-6-16(2)3/h4-5H,6-8H2,1-3H3,(H,13,20)(H,18,19). The van der Waals surface area contributed by atoms with Crippen molar-refractivity contribution in [2.75, 3.05) is 45.7 Å². The van der Waals surface area contributed by atoms with Crippen LogP contribution in [0.25, 0.3) is 0 Å². The highest BCUT2D eigenvalue weighted by Gasteiger charge is 2.14. The van der Waals surface area contributed by atoms with Gasteiger partial charge in [0.15, 0.2) is 11.5 Å². The molecule has 1 aromatic heterocycles. The third-order valence-corrected chi connectivity index (χ3v) is 2.58. The van der Waals surface area contributed by atoms with Crippen LogP contribution in [0.2, 0.25) is 0 Å². The predicted molar refractivity (Wildman–Crippen MR) is 73.8 cm³/mol. The van der Waals surface area contributed by atoms with Crippen LogP contribution in [0.5, 0.6) is 0 Å². The fourth-order valence-electron chi connectivity index (χ4n) is 1.50. The van der Waals surface area contributed by atoms with E-state index in [0.717, 1.165) is 0 Å². The van der Waals surface area contributed by atoms with Gasteiger partial charge in [-0.1, -0.05) is 0 Å². The molecule has 1 heterocycles. The maximum atomic E-state index is 11.4. The summed E-state index contributed by atoms with van der Waals surface area (Å²) in [6.45, 7) is 1.03. The van der Waals surface area contributed by atoms with Crippen molar-refractivity contribution in [3.63, 3.8) is 0 Å². The van der Waals surface area contributed by atoms with Crippen molar-refractivity contribution in [2.24, 2.45) is 0 Å². The Morgan fingerprint density at radius 3 is 2.40 bits per heavy atom. The molecular weight excluding hydrogens is 262 g/mol. The lowest BCUT2D eigenvalue weighted by Gasteiger charge is -2.23. The van der Waals surface area contributed by atoms with E-state index in [2.05, 4.69) is 15.5 Å². The second-order valence-electron chi connectivity index (χ2n) is 4.47. The fourth-order valence-corrected chi connectivity index (χ4v) is 1.50. The number of aliphatic carboxylic acids is 1. The van der Waals surface area contributed by atoms with Gasteiger partial charge in [0.2, 0.25) is 0 Å². The fraction of sp³-hybridized carbons (Fsp3) is 0.500. The Morgan fingerprint density at radius 1 is 1.25 bits per heavy atom. The lowest BCUT2D eigenvalue weighted by atomic mass is 10.3. The topological polar surface area (TPSA) is 98.7 Å². The SMILES string of the molecule is CNC(=O)c1ccc(N(CCN(C)C)CC(=O)O)nn1. The van der Waals surface area contributed by atoms with Gasteiger partial charge < -0.3 is 20.2 Å². The van der Waals surface area contributed by atoms with E-state index in [-0.39, 0.29) is 18.1 Å². The van der Waals surface area contributed by atoms with Gasteiger partial charge in [0, 0.05) is 20.1 Å². The van der Waals surface area contributed by atoms with Crippen molar-refractivity contribution in [2.45, 2.75) is 0 Å². The molecule has 1 amide bonds. The third kappa shape index (κ3) is 4.81. The third-order valence-electron chi connectivity index (χ3n) is 2.58. The van der Waals surface area contributed by atoms with Gasteiger partial charge >= 0.3 is 5.97 Å². The molecule has 1 rings (SSSR count). The summed E-state index contributed by atoms with van der Waals surface area (Å²) in [5.41, 5.74) is 0.194. The summed E-state index contributed by atoms with van der Waals surface area (Å²) < 4.78 is 0. The minimum Gasteiger partial charge on any atom is -0.480 e. The molecule has 0 fully saturated rings. The van der Waals surface area contributed by atoms with Gasteiger partial charge in [-0.25, -0.2) is 0 Å². The Labute approximate surface area is 117 Å². The van der Waals surface area contributed by atoms with Crippen molar-refractivity contribution in [1.82, 2.24) is 20.4 Å². The number of carboxylic acid groups (broad SMARTS) is 1. The molecule has 8 nitrogen and oxygen atoms in total. The lowest BCUT2D eigenvalue weighted by Crippen LogP contribution is -2.36. The number of amides is 1. The maximum Gasteiger partial charge on any atom is 0.323 e. The number of carbonyl (C=O) groups excluding carboxylic acids is 1. The van der Waals surface area contributed by atoms with E-state index in [1.807, 2.05) is 19.0 Å². The molecule has 0 saturated carbocycles. The normalized spacial score (nSPS) is 10.4. The van der Waals surface area contributed by atoms with Crippen LogP contribution in [0.3, 0.4) is 0 Å². The molecule has 20 heavy (non-hydrogen) atoms. The van der Waals surface area contributed by atoms with Crippen LogP contribution < -0.4 is 10.2 Å². The van der Waals surface area contributed by atoms with Crippen molar-refractivity contribution in [3.05, 3.63) is 17.8 Å². The molecule has 0 saturated heterocycles. The minimum absolute atomic E-state index is 0.165. The monoisotopic (exact) mass is 281 g/mol. The molecule has 8 heteroatoms. The number of hydrogen-bond donors (Lipinski definition) is 2. The first-order valence-electron chi connectivity index (χ1n) is 6.11. The maximum absolute atomic E-state index is 11.4. The number of carbonyl (C=O) groups is 2. The van der Waals surface area contributed by atoms with Gasteiger partial charge in [-0.3, -0.25) is 9.59 Å². The first-order valence-corrected chi connectivity index (χ1v) is 6.11. The second-order valence-corrected chi connectivity index (χ2v) is 4.47. The molecule has 2 N–H and O–H groups in total. The van der Waals surface area contributed by atoms with Gasteiger partial charge in [0.05, 0.1) is 0 Å². The molecule has 0 unspecified atom stereocenters. The molecule has 1 aromatic rings. The molecule has 0 spiro atoms. The van der Waals surface area contributed by atoms with E-state index in [4.69, 9.17) is 5.11 Å². The van der Waals surface area contributed by atoms with Crippen molar-refractivity contribution < 1.29 is 14.7 Å². The van der Waals surface area contributed by atoms with Crippen molar-refractivity contribution in [3.8, 4) is 0 Å². The van der Waals surface area contributed by atoms with E-state index in [1.165, 1.54) is 13.1 Å². The predicted octanol–water partition coefficient (Wildman–Crippen LogP) is -0.711. The summed E-state index contributed by atoms with van der Waals surface area (Å²) in [7, 11) is 5.31. The number of nitrogens with zero attached hydrogens (tertiary/aromatic N) is 4. The average molecular weight is 281 g/mol. The lowest BCUT2D eigenvalue weighted by molar-refractivity contribution is -0.135. The smallest absolute Gasteiger partial charge is 0.323 e. The van der Waals surface area contributed by atoms with E-state index in [1.54, 1.807) is 11.0 Å². The van der Waals surface area contributed by atoms with E-state index < -0.39 is 5.97 Å². The Kier molecular flexibility index (Phi) is 5.85. The van der Waals surface area contributed by atoms with Crippen LogP contribution in [0.1, 0.15) is 10.5 Å². The van der Waals surface area contributed by atoms with Gasteiger partial charge in [-0.05, 0) is 26.2 Å². The number of aromatic nitrogens is 2. The van der Waals surface area contributed by atoms with Crippen LogP contribution in [0, 0.1) is 0 Å². The molecule has 0 aliphatic heterocycles. The Bertz CT molecular complexity index is 461. The van der Waals surface area contributed by atoms with Gasteiger partial charge in [-0.15, -0.1) is 10.2 Å². The highest BCUT2D eigenvalue weighted by Crippen LogP contribution is 2.09.